The zero-order valence-corrected chi connectivity index (χ0v) is 20.1. The van der Waals surface area contributed by atoms with Gasteiger partial charge in [0.25, 0.3) is 5.56 Å². The van der Waals surface area contributed by atoms with Gasteiger partial charge in [-0.3, -0.25) is 4.79 Å². The van der Waals surface area contributed by atoms with E-state index in [9.17, 15) is 4.79 Å². The maximum atomic E-state index is 12.9. The number of aromatic amines is 1. The largest absolute Gasteiger partial charge is 0.376 e. The van der Waals surface area contributed by atoms with Crippen LogP contribution in [0, 0.1) is 13.8 Å². The first kappa shape index (κ1) is 23.7. The van der Waals surface area contributed by atoms with Gasteiger partial charge in [0.15, 0.2) is 5.11 Å². The van der Waals surface area contributed by atoms with Gasteiger partial charge in [-0.05, 0) is 75.3 Å². The van der Waals surface area contributed by atoms with Crippen LogP contribution in [0.3, 0.4) is 0 Å². The molecule has 0 spiro atoms. The van der Waals surface area contributed by atoms with Crippen molar-refractivity contribution < 1.29 is 4.74 Å². The molecule has 7 heteroatoms. The molecule has 0 saturated carbocycles. The number of rotatable bonds is 9. The van der Waals surface area contributed by atoms with Gasteiger partial charge in [-0.2, -0.15) is 0 Å². The smallest absolute Gasteiger partial charge is 0.253 e. The summed E-state index contributed by atoms with van der Waals surface area (Å²) >= 11 is 5.74. The third-order valence-electron chi connectivity index (χ3n) is 6.12. The van der Waals surface area contributed by atoms with E-state index in [0.29, 0.717) is 18.2 Å². The summed E-state index contributed by atoms with van der Waals surface area (Å²) in [4.78, 5) is 20.4. The molecule has 6 nitrogen and oxygen atoms in total. The third kappa shape index (κ3) is 6.28. The third-order valence-corrected chi connectivity index (χ3v) is 6.53. The molecule has 3 rings (SSSR count). The molecular formula is C24H36N4O2S. The summed E-state index contributed by atoms with van der Waals surface area (Å²) in [6.07, 6.45) is 2.39. The van der Waals surface area contributed by atoms with Crippen LogP contribution >= 0.6 is 12.2 Å². The minimum Gasteiger partial charge on any atom is -0.376 e. The predicted molar refractivity (Wildman–Crippen MR) is 132 cm³/mol. The fourth-order valence-electron chi connectivity index (χ4n) is 4.21. The summed E-state index contributed by atoms with van der Waals surface area (Å²) in [6.45, 7) is 14.2. The van der Waals surface area contributed by atoms with Crippen molar-refractivity contribution >= 4 is 28.2 Å². The first-order chi connectivity index (χ1) is 14.9. The zero-order valence-electron chi connectivity index (χ0n) is 19.3. The Hall–Kier alpha value is -1.96. The molecule has 0 radical (unpaired) electrons. The Kier molecular flexibility index (Phi) is 8.46. The molecule has 1 aromatic carbocycles. The number of hydrogen-bond acceptors (Lipinski definition) is 4. The Morgan fingerprint density at radius 1 is 1.23 bits per heavy atom. The first-order valence-corrected chi connectivity index (χ1v) is 11.8. The molecule has 1 atom stereocenters. The number of aryl methyl sites for hydroxylation is 2. The summed E-state index contributed by atoms with van der Waals surface area (Å²) in [5, 5.41) is 5.15. The van der Waals surface area contributed by atoms with Crippen molar-refractivity contribution in [3.63, 3.8) is 0 Å². The second kappa shape index (κ2) is 11.1. The molecule has 2 aromatic rings. The summed E-state index contributed by atoms with van der Waals surface area (Å²) in [7, 11) is 0. The Bertz CT molecular complexity index is 948. The highest BCUT2D eigenvalue weighted by Crippen LogP contribution is 2.19. The molecule has 0 unspecified atom stereocenters. The summed E-state index contributed by atoms with van der Waals surface area (Å²) in [6, 6.07) is 6.20. The number of benzene rings is 1. The lowest BCUT2D eigenvalue weighted by molar-refractivity contribution is 0.113. The van der Waals surface area contributed by atoms with Crippen molar-refractivity contribution in [2.24, 2.45) is 0 Å². The van der Waals surface area contributed by atoms with Crippen LogP contribution in [0.1, 0.15) is 43.4 Å². The average Bonchev–Trinajstić information content (AvgIpc) is 3.26. The lowest BCUT2D eigenvalue weighted by Crippen LogP contribution is -2.46. The van der Waals surface area contributed by atoms with Crippen molar-refractivity contribution in [2.75, 3.05) is 39.3 Å². The highest BCUT2D eigenvalue weighted by atomic mass is 32.1. The highest BCUT2D eigenvalue weighted by molar-refractivity contribution is 7.80. The van der Waals surface area contributed by atoms with E-state index in [2.05, 4.69) is 46.9 Å². The molecule has 2 heterocycles. The number of fused-ring (bicyclic) bond motifs is 1. The van der Waals surface area contributed by atoms with E-state index in [0.717, 1.165) is 67.7 Å². The minimum absolute atomic E-state index is 0.0488. The monoisotopic (exact) mass is 444 g/mol. The van der Waals surface area contributed by atoms with Gasteiger partial charge >= 0.3 is 0 Å². The molecule has 170 valence electrons. The molecular weight excluding hydrogens is 408 g/mol. The van der Waals surface area contributed by atoms with E-state index in [4.69, 9.17) is 17.0 Å². The van der Waals surface area contributed by atoms with Crippen LogP contribution < -0.4 is 10.9 Å². The second-order valence-corrected chi connectivity index (χ2v) is 8.82. The Balaban J connectivity index is 1.79. The molecule has 0 aliphatic carbocycles. The maximum absolute atomic E-state index is 12.9. The molecule has 2 N–H and O–H groups in total. The van der Waals surface area contributed by atoms with E-state index in [1.807, 2.05) is 19.1 Å². The molecule has 1 aliphatic rings. The molecule has 0 amide bonds. The number of H-pyrrole nitrogens is 1. The van der Waals surface area contributed by atoms with Crippen LogP contribution in [0.25, 0.3) is 10.9 Å². The van der Waals surface area contributed by atoms with Gasteiger partial charge in [0.2, 0.25) is 0 Å². The minimum atomic E-state index is -0.0488. The SMILES string of the molecule is CCN(CC)CCN(Cc1cc2c(C)cc(C)cc2[nH]c1=O)C(=S)NC[C@H]1CCCO1. The summed E-state index contributed by atoms with van der Waals surface area (Å²) in [5.74, 6) is 0. The van der Waals surface area contributed by atoms with E-state index in [1.165, 1.54) is 5.56 Å². The van der Waals surface area contributed by atoms with Gasteiger partial charge in [-0.25, -0.2) is 0 Å². The number of pyridine rings is 1. The van der Waals surface area contributed by atoms with Gasteiger partial charge in [-0.1, -0.05) is 19.9 Å². The second-order valence-electron chi connectivity index (χ2n) is 8.44. The molecule has 1 fully saturated rings. The van der Waals surface area contributed by atoms with Gasteiger partial charge in [0.05, 0.1) is 12.6 Å². The van der Waals surface area contributed by atoms with Gasteiger partial charge in [0, 0.05) is 42.7 Å². The van der Waals surface area contributed by atoms with Crippen molar-refractivity contribution in [2.45, 2.75) is 53.2 Å². The number of likely N-dealkylation sites (N-methyl/N-ethyl adjacent to an activating group) is 1. The van der Waals surface area contributed by atoms with Gasteiger partial charge < -0.3 is 24.8 Å². The van der Waals surface area contributed by atoms with Crippen LogP contribution in [0.15, 0.2) is 23.0 Å². The number of nitrogens with one attached hydrogen (secondary N) is 2. The van der Waals surface area contributed by atoms with Gasteiger partial charge in [-0.15, -0.1) is 0 Å². The number of aromatic nitrogens is 1. The van der Waals surface area contributed by atoms with Crippen molar-refractivity contribution in [1.82, 2.24) is 20.1 Å². The van der Waals surface area contributed by atoms with E-state index < -0.39 is 0 Å². The standard InChI is InChI=1S/C24H36N4O2S/c1-5-27(6-2)9-10-28(24(31)25-15-20-8-7-11-30-20)16-19-14-21-18(4)12-17(3)13-22(21)26-23(19)29/h12-14,20H,5-11,15-16H2,1-4H3,(H,25,31)(H,26,29)/t20-/m1/s1. The van der Waals surface area contributed by atoms with E-state index >= 15 is 0 Å². The predicted octanol–water partition coefficient (Wildman–Crippen LogP) is 3.34. The molecule has 31 heavy (non-hydrogen) atoms. The number of thiocarbonyl (C=S) groups is 1. The van der Waals surface area contributed by atoms with Crippen LogP contribution in [0.4, 0.5) is 0 Å². The van der Waals surface area contributed by atoms with Crippen LogP contribution in [0.2, 0.25) is 0 Å². The van der Waals surface area contributed by atoms with E-state index in [-0.39, 0.29) is 11.7 Å². The topological polar surface area (TPSA) is 60.6 Å². The quantitative estimate of drug-likeness (QED) is 0.579. The van der Waals surface area contributed by atoms with E-state index in [1.54, 1.807) is 0 Å². The number of hydrogen-bond donors (Lipinski definition) is 2. The fraction of sp³-hybridized carbons (Fsp3) is 0.583. The van der Waals surface area contributed by atoms with Gasteiger partial charge in [0.1, 0.15) is 0 Å². The molecule has 1 aromatic heterocycles. The zero-order chi connectivity index (χ0) is 22.4. The fourth-order valence-corrected chi connectivity index (χ4v) is 4.45. The lowest BCUT2D eigenvalue weighted by Gasteiger charge is -2.29. The van der Waals surface area contributed by atoms with Crippen molar-refractivity contribution in [1.29, 1.82) is 0 Å². The highest BCUT2D eigenvalue weighted by Gasteiger charge is 2.19. The Morgan fingerprint density at radius 2 is 2.00 bits per heavy atom. The number of nitrogens with zero attached hydrogens (tertiary/aromatic N) is 2. The van der Waals surface area contributed by atoms with Crippen LogP contribution in [0.5, 0.6) is 0 Å². The first-order valence-electron chi connectivity index (χ1n) is 11.4. The van der Waals surface area contributed by atoms with Crippen molar-refractivity contribution in [3.05, 3.63) is 45.2 Å². The normalized spacial score (nSPS) is 16.2. The number of ether oxygens (including phenoxy) is 1. The van der Waals surface area contributed by atoms with Crippen LogP contribution in [-0.2, 0) is 11.3 Å². The molecule has 0 bridgehead atoms. The van der Waals surface area contributed by atoms with Crippen LogP contribution in [-0.4, -0.2) is 65.3 Å². The Labute approximate surface area is 191 Å². The Morgan fingerprint density at radius 3 is 2.68 bits per heavy atom. The maximum Gasteiger partial charge on any atom is 0.253 e. The average molecular weight is 445 g/mol. The molecule has 1 saturated heterocycles. The lowest BCUT2D eigenvalue weighted by atomic mass is 10.0. The van der Waals surface area contributed by atoms with Crippen molar-refractivity contribution in [3.8, 4) is 0 Å². The molecule has 1 aliphatic heterocycles. The summed E-state index contributed by atoms with van der Waals surface area (Å²) in [5.41, 5.74) is 3.89. The summed E-state index contributed by atoms with van der Waals surface area (Å²) < 4.78 is 5.72.